The summed E-state index contributed by atoms with van der Waals surface area (Å²) in [5.41, 5.74) is -0.541. The van der Waals surface area contributed by atoms with E-state index in [0.29, 0.717) is 25.0 Å². The molecule has 0 spiro atoms. The van der Waals surface area contributed by atoms with Gasteiger partial charge in [-0.3, -0.25) is 14.5 Å². The Kier molecular flexibility index (Phi) is 7.91. The number of hydrogen-bond acceptors (Lipinski definition) is 8. The van der Waals surface area contributed by atoms with Crippen molar-refractivity contribution in [3.63, 3.8) is 0 Å². The second-order valence-corrected chi connectivity index (χ2v) is 11.0. The van der Waals surface area contributed by atoms with Gasteiger partial charge in [-0.15, -0.1) is 13.2 Å². The molecular weight excluding hydrogens is 569 g/mol. The molecule has 1 N–H and O–H groups in total. The second-order valence-electron chi connectivity index (χ2n) is 9.34. The van der Waals surface area contributed by atoms with Crippen LogP contribution in [0.25, 0.3) is 10.9 Å². The molecule has 0 bridgehead atoms. The van der Waals surface area contributed by atoms with Gasteiger partial charge >= 0.3 is 12.5 Å². The fourth-order valence-electron chi connectivity index (χ4n) is 4.54. The Morgan fingerprint density at radius 3 is 2.46 bits per heavy atom. The van der Waals surface area contributed by atoms with Crippen LogP contribution in [0.15, 0.2) is 59.6 Å². The summed E-state index contributed by atoms with van der Waals surface area (Å²) in [5.74, 6) is -1.51. The van der Waals surface area contributed by atoms with Crippen LogP contribution in [-0.2, 0) is 19.5 Å². The number of carbonyl (C=O) groups excluding carboxylic acids is 2. The number of carbonyl (C=O) groups is 2. The predicted molar refractivity (Wildman–Crippen MR) is 139 cm³/mol. The zero-order valence-corrected chi connectivity index (χ0v) is 22.3. The maximum absolute atomic E-state index is 13.3. The third-order valence-corrected chi connectivity index (χ3v) is 7.96. The molecule has 3 aromatic rings. The van der Waals surface area contributed by atoms with Crippen LogP contribution in [0.4, 0.5) is 23.7 Å². The van der Waals surface area contributed by atoms with E-state index in [1.807, 2.05) is 0 Å². The molecule has 1 atom stereocenters. The standard InChI is InChI=1S/C26H25F3N4O7S/c27-26(28,29)40-21-15-18(24(34)32-10-12-33(13-11-32)25(35)39-19-8-14-38-16-19)6-7-20(21)31-41(36,37)22-5-1-3-17-4-2-9-30-23(17)22/h1-7,9,15,19,31H,8,10-14,16H2/t19-/m0/s1. The molecule has 0 aliphatic carbocycles. The van der Waals surface area contributed by atoms with Crippen LogP contribution < -0.4 is 9.46 Å². The summed E-state index contributed by atoms with van der Waals surface area (Å²) in [6.45, 7) is 1.42. The van der Waals surface area contributed by atoms with Gasteiger partial charge in [0.05, 0.1) is 24.4 Å². The Labute approximate surface area is 232 Å². The van der Waals surface area contributed by atoms with Crippen LogP contribution in [0.5, 0.6) is 5.75 Å². The maximum Gasteiger partial charge on any atom is 0.573 e. The highest BCUT2D eigenvalue weighted by atomic mass is 32.2. The number of benzene rings is 2. The topological polar surface area (TPSA) is 127 Å². The van der Waals surface area contributed by atoms with E-state index in [2.05, 4.69) is 14.4 Å². The van der Waals surface area contributed by atoms with E-state index in [4.69, 9.17) is 9.47 Å². The summed E-state index contributed by atoms with van der Waals surface area (Å²) in [6, 6.07) is 10.7. The van der Waals surface area contributed by atoms with Gasteiger partial charge in [-0.05, 0) is 30.3 Å². The largest absolute Gasteiger partial charge is 0.573 e. The number of fused-ring (bicyclic) bond motifs is 1. The highest BCUT2D eigenvalue weighted by Crippen LogP contribution is 2.34. The molecule has 1 aromatic heterocycles. The van der Waals surface area contributed by atoms with E-state index in [9.17, 15) is 31.2 Å². The zero-order chi connectivity index (χ0) is 29.2. The van der Waals surface area contributed by atoms with Gasteiger partial charge in [0.25, 0.3) is 15.9 Å². The van der Waals surface area contributed by atoms with Gasteiger partial charge in [-0.2, -0.15) is 0 Å². The van der Waals surface area contributed by atoms with Crippen molar-refractivity contribution in [3.05, 3.63) is 60.3 Å². The number of sulfonamides is 1. The molecule has 2 amide bonds. The summed E-state index contributed by atoms with van der Waals surface area (Å²) >= 11 is 0. The molecule has 2 saturated heterocycles. The van der Waals surface area contributed by atoms with E-state index in [1.54, 1.807) is 18.2 Å². The average Bonchev–Trinajstić information content (AvgIpc) is 3.45. The lowest BCUT2D eigenvalue weighted by atomic mass is 10.1. The first-order chi connectivity index (χ1) is 19.5. The summed E-state index contributed by atoms with van der Waals surface area (Å²) in [7, 11) is -4.41. The Bertz CT molecular complexity index is 1550. The number of amides is 2. The van der Waals surface area contributed by atoms with E-state index in [1.165, 1.54) is 34.2 Å². The minimum atomic E-state index is -5.17. The molecule has 11 nitrogen and oxygen atoms in total. The highest BCUT2D eigenvalue weighted by molar-refractivity contribution is 7.93. The van der Waals surface area contributed by atoms with Crippen LogP contribution in [0.3, 0.4) is 0 Å². The van der Waals surface area contributed by atoms with Gasteiger partial charge in [0.2, 0.25) is 0 Å². The average molecular weight is 595 g/mol. The van der Waals surface area contributed by atoms with Crippen molar-refractivity contribution in [2.75, 3.05) is 44.1 Å². The first kappa shape index (κ1) is 28.4. The third-order valence-electron chi connectivity index (χ3n) is 6.56. The van der Waals surface area contributed by atoms with Gasteiger partial charge in [-0.1, -0.05) is 18.2 Å². The van der Waals surface area contributed by atoms with Crippen molar-refractivity contribution in [1.82, 2.24) is 14.8 Å². The fraction of sp³-hybridized carbons (Fsp3) is 0.346. The molecule has 5 rings (SSSR count). The van der Waals surface area contributed by atoms with Gasteiger partial charge in [0.15, 0.2) is 5.75 Å². The van der Waals surface area contributed by atoms with Crippen LogP contribution in [0, 0.1) is 0 Å². The van der Waals surface area contributed by atoms with Crippen molar-refractivity contribution in [3.8, 4) is 5.75 Å². The lowest BCUT2D eigenvalue weighted by Gasteiger charge is -2.34. The number of nitrogens with zero attached hydrogens (tertiary/aromatic N) is 3. The molecule has 2 aliphatic rings. The Hall–Kier alpha value is -4.11. The first-order valence-corrected chi connectivity index (χ1v) is 14.1. The maximum atomic E-state index is 13.3. The number of para-hydroxylation sites is 1. The van der Waals surface area contributed by atoms with E-state index in [0.717, 1.165) is 12.1 Å². The van der Waals surface area contributed by atoms with Gasteiger partial charge in [-0.25, -0.2) is 13.2 Å². The lowest BCUT2D eigenvalue weighted by Crippen LogP contribution is -2.51. The van der Waals surface area contributed by atoms with Crippen molar-refractivity contribution in [2.45, 2.75) is 23.8 Å². The number of anilines is 1. The summed E-state index contributed by atoms with van der Waals surface area (Å²) in [4.78, 5) is 32.2. The summed E-state index contributed by atoms with van der Waals surface area (Å²) in [6.07, 6.45) is -4.00. The summed E-state index contributed by atoms with van der Waals surface area (Å²) in [5, 5.41) is 0.518. The number of aromatic nitrogens is 1. The molecule has 0 radical (unpaired) electrons. The predicted octanol–water partition coefficient (Wildman–Crippen LogP) is 3.62. The number of alkyl halides is 3. The monoisotopic (exact) mass is 594 g/mol. The van der Waals surface area contributed by atoms with Crippen LogP contribution in [0.2, 0.25) is 0 Å². The Balaban J connectivity index is 1.33. The lowest BCUT2D eigenvalue weighted by molar-refractivity contribution is -0.274. The highest BCUT2D eigenvalue weighted by Gasteiger charge is 2.34. The van der Waals surface area contributed by atoms with E-state index in [-0.39, 0.29) is 48.3 Å². The molecule has 2 aromatic carbocycles. The molecule has 41 heavy (non-hydrogen) atoms. The van der Waals surface area contributed by atoms with Crippen molar-refractivity contribution >= 4 is 38.6 Å². The van der Waals surface area contributed by atoms with E-state index < -0.39 is 39.8 Å². The first-order valence-electron chi connectivity index (χ1n) is 12.6. The van der Waals surface area contributed by atoms with Gasteiger partial charge in [0, 0.05) is 49.7 Å². The Morgan fingerprint density at radius 1 is 1.02 bits per heavy atom. The van der Waals surface area contributed by atoms with Gasteiger partial charge < -0.3 is 24.0 Å². The van der Waals surface area contributed by atoms with Crippen molar-refractivity contribution < 1.29 is 45.4 Å². The molecule has 3 heterocycles. The smallest absolute Gasteiger partial charge is 0.444 e. The SMILES string of the molecule is O=C(O[C@H]1CCOC1)N1CCN(C(=O)c2ccc(NS(=O)(=O)c3cccc4cccnc34)c(OC(F)(F)F)c2)CC1. The number of piperazine rings is 1. The van der Waals surface area contributed by atoms with Crippen LogP contribution in [-0.4, -0.2) is 87.1 Å². The molecule has 2 aliphatic heterocycles. The van der Waals surface area contributed by atoms with Crippen molar-refractivity contribution in [2.24, 2.45) is 0 Å². The summed E-state index contributed by atoms with van der Waals surface area (Å²) < 4.78 is 83.0. The quantitative estimate of drug-likeness (QED) is 0.459. The molecule has 2 fully saturated rings. The minimum Gasteiger partial charge on any atom is -0.444 e. The number of hydrogen-bond donors (Lipinski definition) is 1. The number of ether oxygens (including phenoxy) is 3. The Morgan fingerprint density at radius 2 is 1.76 bits per heavy atom. The zero-order valence-electron chi connectivity index (χ0n) is 21.5. The minimum absolute atomic E-state index is 0.118. The molecular formula is C26H25F3N4O7S. The normalized spacial score (nSPS) is 17.9. The fourth-order valence-corrected chi connectivity index (χ4v) is 5.79. The number of pyridine rings is 1. The molecule has 0 unspecified atom stereocenters. The van der Waals surface area contributed by atoms with E-state index >= 15 is 0 Å². The molecule has 0 saturated carbocycles. The molecule has 218 valence electrons. The number of halogens is 3. The molecule has 15 heteroatoms. The van der Waals surface area contributed by atoms with Gasteiger partial charge in [0.1, 0.15) is 11.0 Å². The second kappa shape index (κ2) is 11.4. The number of nitrogens with one attached hydrogen (secondary N) is 1. The van der Waals surface area contributed by atoms with Crippen LogP contribution in [0.1, 0.15) is 16.8 Å². The van der Waals surface area contributed by atoms with Crippen LogP contribution >= 0.6 is 0 Å². The number of rotatable bonds is 6. The third kappa shape index (κ3) is 6.62. The van der Waals surface area contributed by atoms with Crippen molar-refractivity contribution in [1.29, 1.82) is 0 Å².